The van der Waals surface area contributed by atoms with Crippen LogP contribution in [0.4, 0.5) is 0 Å². The average molecular weight is 899 g/mol. The number of methoxy groups -OCH3 is 2. The van der Waals surface area contributed by atoms with Crippen molar-refractivity contribution >= 4 is 30.1 Å². The minimum Gasteiger partial charge on any atom is -0.504 e. The normalized spacial score (nSPS) is 33.2. The van der Waals surface area contributed by atoms with Crippen LogP contribution in [0.25, 0.3) is 12.2 Å². The molecule has 0 amide bonds. The molecule has 3 aliphatic heterocycles. The molecule has 2 aromatic carbocycles. The number of carbonyl (C=O) groups is 3. The maximum Gasteiger partial charge on any atom is 0.331 e. The second-order valence-corrected chi connectivity index (χ2v) is 14.3. The lowest BCUT2D eigenvalue weighted by molar-refractivity contribution is -0.383. The number of carbonyl (C=O) groups excluding carboxylic acids is 3. The van der Waals surface area contributed by atoms with E-state index in [2.05, 4.69) is 0 Å². The van der Waals surface area contributed by atoms with Gasteiger partial charge in [-0.1, -0.05) is 12.1 Å². The summed E-state index contributed by atoms with van der Waals surface area (Å²) in [6, 6.07) is 8.42. The van der Waals surface area contributed by atoms with Gasteiger partial charge in [-0.15, -0.1) is 0 Å². The molecule has 3 fully saturated rings. The second kappa shape index (κ2) is 21.6. The van der Waals surface area contributed by atoms with E-state index in [-0.39, 0.29) is 23.0 Å². The van der Waals surface area contributed by atoms with Crippen molar-refractivity contribution in [2.75, 3.05) is 40.6 Å². The Morgan fingerprint density at radius 1 is 0.683 bits per heavy atom. The second-order valence-electron chi connectivity index (χ2n) is 14.3. The molecule has 63 heavy (non-hydrogen) atoms. The summed E-state index contributed by atoms with van der Waals surface area (Å²) in [5.74, 6) is -5.54. The first-order valence-electron chi connectivity index (χ1n) is 19.2. The fourth-order valence-electron chi connectivity index (χ4n) is 6.75. The molecule has 3 aliphatic rings. The number of hydrogen-bond acceptors (Lipinski definition) is 23. The van der Waals surface area contributed by atoms with E-state index in [4.69, 9.17) is 47.4 Å². The van der Waals surface area contributed by atoms with Crippen molar-refractivity contribution in [1.29, 1.82) is 0 Å². The molecular weight excluding hydrogens is 848 g/mol. The third kappa shape index (κ3) is 11.4. The maximum atomic E-state index is 13.2. The minimum atomic E-state index is -2.56. The molecule has 3 heterocycles. The van der Waals surface area contributed by atoms with Crippen LogP contribution >= 0.6 is 0 Å². The van der Waals surface area contributed by atoms with Gasteiger partial charge in [0.25, 0.3) is 0 Å². The molecule has 0 bridgehead atoms. The zero-order valence-corrected chi connectivity index (χ0v) is 33.9. The highest BCUT2D eigenvalue weighted by molar-refractivity contribution is 5.88. The monoisotopic (exact) mass is 898 g/mol. The highest BCUT2D eigenvalue weighted by Gasteiger charge is 2.62. The van der Waals surface area contributed by atoms with Crippen LogP contribution in [0.1, 0.15) is 18.1 Å². The predicted octanol–water partition coefficient (Wildman–Crippen LogP) is -3.39. The van der Waals surface area contributed by atoms with E-state index in [1.165, 1.54) is 62.8 Å². The van der Waals surface area contributed by atoms with Gasteiger partial charge in [0, 0.05) is 19.1 Å². The lowest BCUT2D eigenvalue weighted by Crippen LogP contribution is -2.63. The number of aliphatic hydroxyl groups is 9. The van der Waals surface area contributed by atoms with Crippen LogP contribution in [-0.4, -0.2) is 195 Å². The number of ether oxygens (including phenoxy) is 10. The summed E-state index contributed by atoms with van der Waals surface area (Å²) in [6.07, 6.45) is -17.8. The number of aliphatic hydroxyl groups excluding tert-OH is 9. The number of esters is 3. The average Bonchev–Trinajstić information content (AvgIpc) is 3.55. The van der Waals surface area contributed by atoms with Gasteiger partial charge in [0.1, 0.15) is 68.1 Å². The molecule has 10 N–H and O–H groups in total. The van der Waals surface area contributed by atoms with Crippen molar-refractivity contribution in [2.24, 2.45) is 0 Å². The van der Waals surface area contributed by atoms with E-state index < -0.39 is 130 Å². The molecule has 0 aromatic heterocycles. The quantitative estimate of drug-likeness (QED) is 0.0420. The van der Waals surface area contributed by atoms with Gasteiger partial charge in [0.2, 0.25) is 12.1 Å². The van der Waals surface area contributed by atoms with E-state index in [1.54, 1.807) is 0 Å². The molecule has 0 radical (unpaired) electrons. The van der Waals surface area contributed by atoms with E-state index in [0.29, 0.717) is 11.1 Å². The van der Waals surface area contributed by atoms with Crippen LogP contribution in [0.2, 0.25) is 0 Å². The van der Waals surface area contributed by atoms with Crippen LogP contribution in [0.3, 0.4) is 0 Å². The zero-order chi connectivity index (χ0) is 46.2. The summed E-state index contributed by atoms with van der Waals surface area (Å²) in [5, 5.41) is 103. The lowest BCUT2D eigenvalue weighted by atomic mass is 9.98. The molecule has 0 saturated carbocycles. The number of phenolic OH excluding ortho intramolecular Hbond substituents is 1. The van der Waals surface area contributed by atoms with Gasteiger partial charge in [0.15, 0.2) is 41.5 Å². The van der Waals surface area contributed by atoms with Crippen molar-refractivity contribution in [1.82, 2.24) is 0 Å². The van der Waals surface area contributed by atoms with Gasteiger partial charge < -0.3 is 98.4 Å². The summed E-state index contributed by atoms with van der Waals surface area (Å²) in [6.45, 7) is -2.48. The third-order valence-electron chi connectivity index (χ3n) is 10.1. The molecule has 0 unspecified atom stereocenters. The summed E-state index contributed by atoms with van der Waals surface area (Å²) in [7, 11) is 2.61. The molecule has 348 valence electrons. The standard InChI is InChI=1S/C40H50O23/c1-18(44)57-36-26(15-42)62-40(17-43,37(36)61-29(47)11-7-19-4-8-21(45)23(12-19)54-2)63-39-35(53)33(51)31(49)27(60-39)16-56-28(46)10-6-20-5-9-22(24(13-20)55-3)58-38-34(52)32(50)30(48)25(14-41)59-38/h4-13,25-27,30-39,41-43,45,48-53H,14-17H2,1-3H3/b10-6+,11-7+/t25-,26+,27-,30-,31-,32+,33+,34-,35-,36+,37-,38-,39-,40-/m1/s1. The third-order valence-corrected chi connectivity index (χ3v) is 10.1. The van der Waals surface area contributed by atoms with E-state index in [0.717, 1.165) is 19.1 Å². The number of aromatic hydroxyl groups is 1. The van der Waals surface area contributed by atoms with Crippen molar-refractivity contribution < 1.29 is 113 Å². The molecule has 2 aromatic rings. The Labute approximate surface area is 358 Å². The topological polar surface area (TPSA) is 346 Å². The van der Waals surface area contributed by atoms with Crippen molar-refractivity contribution in [3.8, 4) is 23.0 Å². The van der Waals surface area contributed by atoms with Gasteiger partial charge in [-0.05, 0) is 47.5 Å². The largest absolute Gasteiger partial charge is 0.504 e. The van der Waals surface area contributed by atoms with Crippen LogP contribution in [-0.2, 0) is 47.5 Å². The summed E-state index contributed by atoms with van der Waals surface area (Å²) < 4.78 is 54.7. The molecule has 23 heteroatoms. The summed E-state index contributed by atoms with van der Waals surface area (Å²) in [4.78, 5) is 38.0. The van der Waals surface area contributed by atoms with Crippen LogP contribution in [0.15, 0.2) is 48.6 Å². The number of rotatable bonds is 17. The van der Waals surface area contributed by atoms with E-state index >= 15 is 0 Å². The Balaban J connectivity index is 1.27. The first-order valence-corrected chi connectivity index (χ1v) is 19.2. The van der Waals surface area contributed by atoms with Gasteiger partial charge in [0.05, 0.1) is 27.4 Å². The van der Waals surface area contributed by atoms with E-state index in [1.807, 2.05) is 0 Å². The summed E-state index contributed by atoms with van der Waals surface area (Å²) in [5.41, 5.74) is 0.737. The van der Waals surface area contributed by atoms with Gasteiger partial charge in [-0.3, -0.25) is 4.79 Å². The van der Waals surface area contributed by atoms with Gasteiger partial charge >= 0.3 is 17.9 Å². The smallest absolute Gasteiger partial charge is 0.331 e. The Morgan fingerprint density at radius 3 is 1.86 bits per heavy atom. The Kier molecular flexibility index (Phi) is 16.8. The fraction of sp³-hybridized carbons (Fsp3) is 0.525. The maximum absolute atomic E-state index is 13.2. The van der Waals surface area contributed by atoms with Gasteiger partial charge in [-0.2, -0.15) is 0 Å². The van der Waals surface area contributed by atoms with Crippen molar-refractivity contribution in [3.63, 3.8) is 0 Å². The first-order chi connectivity index (χ1) is 30.0. The first kappa shape index (κ1) is 49.0. The number of phenols is 1. The minimum absolute atomic E-state index is 0.0237. The molecule has 3 saturated heterocycles. The SMILES string of the molecule is COc1cc(/C=C/C(=O)O[C@@H]2[C@@H](OC(C)=O)[C@H](CO)O[C@]2(CO)O[C@H]2O[C@H](COC(=O)/C=C/c3ccc(O[C@@H]4O[C@H](CO)[C@@H](O)[C@H](O)[C@H]4O)c(OC)c3)[C@@H](O)[C@H](O)[C@H]2O)ccc1O. The predicted molar refractivity (Wildman–Crippen MR) is 206 cm³/mol. The van der Waals surface area contributed by atoms with Gasteiger partial charge in [-0.25, -0.2) is 9.59 Å². The molecule has 23 nitrogen and oxygen atoms in total. The lowest BCUT2D eigenvalue weighted by Gasteiger charge is -2.43. The van der Waals surface area contributed by atoms with Crippen LogP contribution in [0, 0.1) is 0 Å². The molecule has 5 rings (SSSR count). The number of hydrogen-bond donors (Lipinski definition) is 10. The zero-order valence-electron chi connectivity index (χ0n) is 33.9. The van der Waals surface area contributed by atoms with Crippen LogP contribution < -0.4 is 14.2 Å². The number of benzene rings is 2. The van der Waals surface area contributed by atoms with Crippen molar-refractivity contribution in [3.05, 3.63) is 59.7 Å². The Bertz CT molecular complexity index is 1940. The Hall–Kier alpha value is -4.99. The highest BCUT2D eigenvalue weighted by Crippen LogP contribution is 2.40. The van der Waals surface area contributed by atoms with E-state index in [9.17, 15) is 65.4 Å². The molecule has 14 atom stereocenters. The van der Waals surface area contributed by atoms with Crippen LogP contribution in [0.5, 0.6) is 23.0 Å². The molecule has 0 spiro atoms. The highest BCUT2D eigenvalue weighted by atomic mass is 16.8. The molecule has 0 aliphatic carbocycles. The van der Waals surface area contributed by atoms with Crippen molar-refractivity contribution in [2.45, 2.75) is 92.4 Å². The fourth-order valence-corrected chi connectivity index (χ4v) is 6.75. The summed E-state index contributed by atoms with van der Waals surface area (Å²) >= 11 is 0. The Morgan fingerprint density at radius 2 is 1.25 bits per heavy atom. The molecular formula is C40H50O23.